The number of benzene rings is 1. The topological polar surface area (TPSA) is 184 Å². The van der Waals surface area contributed by atoms with Gasteiger partial charge in [-0.15, -0.1) is 0 Å². The van der Waals surface area contributed by atoms with Gasteiger partial charge in [0.05, 0.1) is 17.2 Å². The highest BCUT2D eigenvalue weighted by Gasteiger charge is 2.46. The quantitative estimate of drug-likeness (QED) is 0.197. The smallest absolute Gasteiger partial charge is 0.340 e. The van der Waals surface area contributed by atoms with Gasteiger partial charge in [-0.2, -0.15) is 4.98 Å². The molecule has 3 aromatic rings. The molecule has 1 aliphatic heterocycles. The zero-order chi connectivity index (χ0) is 26.4. The normalized spacial score (nSPS) is 23.8. The van der Waals surface area contributed by atoms with Crippen molar-refractivity contribution in [3.05, 3.63) is 53.2 Å². The van der Waals surface area contributed by atoms with Crippen LogP contribution in [0.4, 0.5) is 10.2 Å². The van der Waals surface area contributed by atoms with Crippen LogP contribution in [-0.4, -0.2) is 72.5 Å². The fourth-order valence-corrected chi connectivity index (χ4v) is 7.50. The Hall–Kier alpha value is -2.16. The second-order valence-corrected chi connectivity index (χ2v) is 13.0. The number of nitrogens with one attached hydrogen (secondary N) is 1. The zero-order valence-corrected chi connectivity index (χ0v) is 21.1. The van der Waals surface area contributed by atoms with E-state index in [1.165, 1.54) is 16.8 Å². The van der Waals surface area contributed by atoms with Gasteiger partial charge in [-0.25, -0.2) is 17.8 Å². The molecule has 0 spiro atoms. The van der Waals surface area contributed by atoms with Crippen molar-refractivity contribution in [2.45, 2.75) is 37.5 Å². The largest absolute Gasteiger partial charge is 0.387 e. The summed E-state index contributed by atoms with van der Waals surface area (Å²) >= 11 is 6.11. The van der Waals surface area contributed by atoms with Crippen LogP contribution in [0.2, 0.25) is 5.28 Å². The van der Waals surface area contributed by atoms with Gasteiger partial charge in [0, 0.05) is 11.8 Å². The fourth-order valence-electron chi connectivity index (χ4n) is 4.09. The van der Waals surface area contributed by atoms with Crippen LogP contribution in [0.3, 0.4) is 0 Å². The number of sulfone groups is 1. The Balaban J connectivity index is 1.62. The fraction of sp³-hybridized carbons (Fsp3) is 0.400. The van der Waals surface area contributed by atoms with Gasteiger partial charge < -0.3 is 34.6 Å². The van der Waals surface area contributed by atoms with E-state index >= 15 is 0 Å². The molecule has 1 aromatic carbocycles. The summed E-state index contributed by atoms with van der Waals surface area (Å²) in [4.78, 5) is 26.3. The number of aliphatic hydroxyl groups excluding tert-OH is 2. The minimum Gasteiger partial charge on any atom is -0.387 e. The number of anilines is 1. The van der Waals surface area contributed by atoms with Crippen LogP contribution in [0.25, 0.3) is 11.0 Å². The molecule has 3 heterocycles. The van der Waals surface area contributed by atoms with Crippen molar-refractivity contribution in [2.24, 2.45) is 0 Å². The van der Waals surface area contributed by atoms with Crippen LogP contribution < -0.4 is 5.32 Å². The van der Waals surface area contributed by atoms with Crippen molar-refractivity contribution in [3.63, 3.8) is 0 Å². The van der Waals surface area contributed by atoms with Gasteiger partial charge in [0.2, 0.25) is 5.28 Å². The Labute approximate surface area is 209 Å². The summed E-state index contributed by atoms with van der Waals surface area (Å²) in [6.07, 6.45) is -4.57. The average Bonchev–Trinajstić information content (AvgIpc) is 3.28. The lowest BCUT2D eigenvalue weighted by molar-refractivity contribution is -0.0288. The summed E-state index contributed by atoms with van der Waals surface area (Å²) in [5.41, 5.74) is -0.859. The highest BCUT2D eigenvalue weighted by atomic mass is 35.5. The molecule has 12 nitrogen and oxygen atoms in total. The molecule has 36 heavy (non-hydrogen) atoms. The molecule has 0 radical (unpaired) electrons. The van der Waals surface area contributed by atoms with Crippen LogP contribution in [0, 0.1) is 5.82 Å². The highest BCUT2D eigenvalue weighted by Crippen LogP contribution is 2.39. The van der Waals surface area contributed by atoms with Gasteiger partial charge in [-0.1, -0.05) is 18.2 Å². The summed E-state index contributed by atoms with van der Waals surface area (Å²) in [5, 5.41) is 24.3. The maximum absolute atomic E-state index is 14.2. The summed E-state index contributed by atoms with van der Waals surface area (Å²) < 4.78 is 56.5. The van der Waals surface area contributed by atoms with Gasteiger partial charge in [0.1, 0.15) is 35.6 Å². The zero-order valence-electron chi connectivity index (χ0n) is 18.6. The van der Waals surface area contributed by atoms with E-state index in [9.17, 15) is 27.6 Å². The second kappa shape index (κ2) is 9.95. The first-order valence-corrected chi connectivity index (χ1v) is 14.6. The number of ether oxygens (including phenoxy) is 1. The summed E-state index contributed by atoms with van der Waals surface area (Å²) in [6.45, 7) is 1.72. The molecule has 0 saturated carbocycles. The molecule has 2 aromatic heterocycles. The van der Waals surface area contributed by atoms with Crippen LogP contribution in [0.1, 0.15) is 24.8 Å². The van der Waals surface area contributed by atoms with Crippen molar-refractivity contribution in [2.75, 3.05) is 16.6 Å². The third kappa shape index (κ3) is 5.71. The van der Waals surface area contributed by atoms with Crippen molar-refractivity contribution in [1.82, 2.24) is 14.5 Å². The predicted octanol–water partition coefficient (Wildman–Crippen LogP) is 1.57. The first-order chi connectivity index (χ1) is 16.8. The number of nitrogens with zero attached hydrogens (tertiary/aromatic N) is 3. The molecule has 0 amide bonds. The highest BCUT2D eigenvalue weighted by molar-refractivity contribution is 7.97. The Kier molecular flexibility index (Phi) is 7.43. The summed E-state index contributed by atoms with van der Waals surface area (Å²) in [6, 6.07) is 7.26. The molecule has 5 atom stereocenters. The Bertz CT molecular complexity index is 1430. The molecule has 1 fully saturated rings. The first kappa shape index (κ1) is 26.9. The van der Waals surface area contributed by atoms with E-state index in [0.717, 1.165) is 0 Å². The van der Waals surface area contributed by atoms with E-state index in [1.807, 2.05) is 0 Å². The summed E-state index contributed by atoms with van der Waals surface area (Å²) in [7, 11) is -9.20. The van der Waals surface area contributed by atoms with E-state index in [-0.39, 0.29) is 16.7 Å². The maximum Gasteiger partial charge on any atom is 0.340 e. The molecule has 0 aliphatic carbocycles. The van der Waals surface area contributed by atoms with Gasteiger partial charge in [0.15, 0.2) is 21.6 Å². The Morgan fingerprint density at radius 2 is 1.92 bits per heavy atom. The average molecular weight is 565 g/mol. The van der Waals surface area contributed by atoms with Gasteiger partial charge >= 0.3 is 7.60 Å². The van der Waals surface area contributed by atoms with Crippen molar-refractivity contribution in [3.8, 4) is 0 Å². The molecule has 1 saturated heterocycles. The number of aromatic nitrogens is 3. The third-order valence-electron chi connectivity index (χ3n) is 5.66. The standard InChI is InChI=1S/C20H23ClFN4O8PS/c1-10(11-4-2-3-5-13(11)22)23-17-12-6-7-26(18(12)25-20(21)24-17)19-16(28)15(27)14(34-19)8-36(32,33)9-35(29,30)31/h2-7,10,14-16,19,27-28H,8-9H2,1H3,(H,23,24,25)(H2,29,30,31)/t10-,14-,15-,16-,19-/m1/s1. The molecular weight excluding hydrogens is 542 g/mol. The van der Waals surface area contributed by atoms with E-state index in [4.69, 9.17) is 26.1 Å². The minimum absolute atomic E-state index is 0.174. The van der Waals surface area contributed by atoms with Crippen LogP contribution >= 0.6 is 19.2 Å². The number of rotatable bonds is 8. The van der Waals surface area contributed by atoms with E-state index in [0.29, 0.717) is 10.9 Å². The van der Waals surface area contributed by atoms with Crippen LogP contribution in [0.5, 0.6) is 0 Å². The number of hydrogen-bond donors (Lipinski definition) is 5. The number of aliphatic hydroxyl groups is 2. The van der Waals surface area contributed by atoms with Crippen LogP contribution in [0.15, 0.2) is 36.5 Å². The molecule has 0 unspecified atom stereocenters. The van der Waals surface area contributed by atoms with Gasteiger partial charge in [-0.05, 0) is 30.7 Å². The summed E-state index contributed by atoms with van der Waals surface area (Å²) in [5.74, 6) is -1.08. The molecule has 196 valence electrons. The number of fused-ring (bicyclic) bond motifs is 1. The first-order valence-electron chi connectivity index (χ1n) is 10.6. The maximum atomic E-state index is 14.2. The monoisotopic (exact) mass is 564 g/mol. The van der Waals surface area contributed by atoms with Crippen molar-refractivity contribution < 1.29 is 42.1 Å². The second-order valence-electron chi connectivity index (χ2n) is 8.44. The SMILES string of the molecule is C[C@@H](Nc1nc(Cl)nc2c1ccn2[C@@H]1O[C@H](CS(=O)(=O)CP(=O)(O)O)[C@@H](O)[C@H]1O)c1ccccc1F. The predicted molar refractivity (Wildman–Crippen MR) is 128 cm³/mol. The molecule has 0 bridgehead atoms. The molecular formula is C20H23ClFN4O8PS. The van der Waals surface area contributed by atoms with Crippen molar-refractivity contribution in [1.29, 1.82) is 0 Å². The molecule has 4 rings (SSSR count). The third-order valence-corrected chi connectivity index (χ3v) is 9.59. The minimum atomic E-state index is -4.88. The lowest BCUT2D eigenvalue weighted by Gasteiger charge is -2.19. The van der Waals surface area contributed by atoms with Crippen molar-refractivity contribution >= 4 is 45.9 Å². The lowest BCUT2D eigenvalue weighted by atomic mass is 10.1. The van der Waals surface area contributed by atoms with Gasteiger partial charge in [0.25, 0.3) is 0 Å². The molecule has 5 N–H and O–H groups in total. The molecule has 16 heteroatoms. The Morgan fingerprint density at radius 3 is 2.58 bits per heavy atom. The lowest BCUT2D eigenvalue weighted by Crippen LogP contribution is -2.35. The van der Waals surface area contributed by atoms with Crippen LogP contribution in [-0.2, 0) is 19.1 Å². The van der Waals surface area contributed by atoms with E-state index in [2.05, 4.69) is 15.3 Å². The van der Waals surface area contributed by atoms with E-state index < -0.39 is 65.1 Å². The molecule has 1 aliphatic rings. The van der Waals surface area contributed by atoms with E-state index in [1.54, 1.807) is 31.2 Å². The Morgan fingerprint density at radius 1 is 1.22 bits per heavy atom. The number of hydrogen-bond acceptors (Lipinski definition) is 9. The van der Waals surface area contributed by atoms with Gasteiger partial charge in [-0.3, -0.25) is 4.57 Å². The number of halogens is 2.